The molecule has 1 saturated carbocycles. The van der Waals surface area contributed by atoms with Crippen molar-refractivity contribution in [3.05, 3.63) is 12.3 Å². The lowest BCUT2D eigenvalue weighted by atomic mass is 10.3. The first kappa shape index (κ1) is 7.50. The van der Waals surface area contributed by atoms with Crippen LogP contribution in [0.25, 0.3) is 0 Å². The molecule has 4 nitrogen and oxygen atoms in total. The molecule has 0 unspecified atom stereocenters. The van der Waals surface area contributed by atoms with Crippen molar-refractivity contribution in [1.82, 2.24) is 5.43 Å². The predicted octanol–water partition coefficient (Wildman–Crippen LogP) is 0.362. The molecule has 0 aromatic rings. The van der Waals surface area contributed by atoms with E-state index in [2.05, 4.69) is 15.8 Å². The second kappa shape index (κ2) is 2.21. The molecule has 0 radical (unpaired) electrons. The summed E-state index contributed by atoms with van der Waals surface area (Å²) >= 11 is 0. The molecule has 0 bridgehead atoms. The molecule has 10 heavy (non-hydrogen) atoms. The van der Waals surface area contributed by atoms with Crippen LogP contribution in [-0.2, 0) is 0 Å². The standard InChI is InChI=1S/C5H8N4.ClH/c6-4-3-5(4)1-2-7-9-8-5;/h1-2,4H,3,6H2,(H,7,8);1H/t4-,5-;/m1./s1. The molecule has 56 valence electrons. The topological polar surface area (TPSA) is 62.8 Å². The van der Waals surface area contributed by atoms with E-state index in [1.54, 1.807) is 6.20 Å². The highest BCUT2D eigenvalue weighted by molar-refractivity contribution is 5.85. The third kappa shape index (κ3) is 0.892. The van der Waals surface area contributed by atoms with Crippen molar-refractivity contribution in [2.24, 2.45) is 16.1 Å². The van der Waals surface area contributed by atoms with Gasteiger partial charge in [-0.05, 0) is 12.5 Å². The third-order valence-electron chi connectivity index (χ3n) is 1.77. The zero-order chi connectivity index (χ0) is 6.32. The molecule has 0 saturated heterocycles. The molecule has 5 heteroatoms. The van der Waals surface area contributed by atoms with E-state index < -0.39 is 0 Å². The molecule has 2 rings (SSSR count). The minimum Gasteiger partial charge on any atom is -0.325 e. The molecule has 3 N–H and O–H groups in total. The van der Waals surface area contributed by atoms with Gasteiger partial charge in [0.05, 0.1) is 0 Å². The summed E-state index contributed by atoms with van der Waals surface area (Å²) in [6.07, 6.45) is 4.68. The molecule has 1 aliphatic carbocycles. The van der Waals surface area contributed by atoms with E-state index in [1.165, 1.54) is 0 Å². The average Bonchev–Trinajstić information content (AvgIpc) is 2.44. The van der Waals surface area contributed by atoms with Crippen LogP contribution in [-0.4, -0.2) is 11.6 Å². The van der Waals surface area contributed by atoms with Crippen LogP contribution in [0.5, 0.6) is 0 Å². The molecule has 1 aliphatic heterocycles. The molecular weight excluding hydrogens is 152 g/mol. The smallest absolute Gasteiger partial charge is 0.120 e. The Morgan fingerprint density at radius 2 is 2.40 bits per heavy atom. The van der Waals surface area contributed by atoms with Crippen LogP contribution in [0.4, 0.5) is 0 Å². The van der Waals surface area contributed by atoms with Crippen molar-refractivity contribution in [3.63, 3.8) is 0 Å². The Bertz CT molecular complexity index is 176. The number of hydrogen-bond donors (Lipinski definition) is 2. The summed E-state index contributed by atoms with van der Waals surface area (Å²) < 4.78 is 0. The van der Waals surface area contributed by atoms with Crippen molar-refractivity contribution in [2.45, 2.75) is 18.0 Å². The van der Waals surface area contributed by atoms with Crippen LogP contribution in [0.1, 0.15) is 6.42 Å². The normalized spacial score (nSPS) is 40.7. The SMILES string of the molecule is Cl.N[C@@H]1C[C@]12C=CNN=N2. The minimum atomic E-state index is -0.120. The second-order valence-electron chi connectivity index (χ2n) is 2.46. The van der Waals surface area contributed by atoms with E-state index in [9.17, 15) is 0 Å². The maximum Gasteiger partial charge on any atom is 0.120 e. The van der Waals surface area contributed by atoms with Gasteiger partial charge in [0.25, 0.3) is 0 Å². The quantitative estimate of drug-likeness (QED) is 0.538. The molecule has 0 amide bonds. The zero-order valence-electron chi connectivity index (χ0n) is 5.32. The van der Waals surface area contributed by atoms with Gasteiger partial charge in [0.15, 0.2) is 0 Å². The monoisotopic (exact) mass is 160 g/mol. The Morgan fingerprint density at radius 1 is 1.70 bits per heavy atom. The highest BCUT2D eigenvalue weighted by Crippen LogP contribution is 2.40. The van der Waals surface area contributed by atoms with E-state index in [0.717, 1.165) is 6.42 Å². The van der Waals surface area contributed by atoms with Gasteiger partial charge in [-0.3, -0.25) is 5.43 Å². The second-order valence-corrected chi connectivity index (χ2v) is 2.46. The Hall–Kier alpha value is -0.610. The lowest BCUT2D eigenvalue weighted by molar-refractivity contribution is 0.653. The number of nitrogens with two attached hydrogens (primary N) is 1. The average molecular weight is 161 g/mol. The van der Waals surface area contributed by atoms with Crippen LogP contribution < -0.4 is 11.2 Å². The van der Waals surface area contributed by atoms with Crippen LogP contribution >= 0.6 is 12.4 Å². The van der Waals surface area contributed by atoms with Gasteiger partial charge in [0, 0.05) is 12.2 Å². The summed E-state index contributed by atoms with van der Waals surface area (Å²) in [5.41, 5.74) is 8.10. The first-order valence-corrected chi connectivity index (χ1v) is 2.94. The first-order chi connectivity index (χ1) is 4.33. The highest BCUT2D eigenvalue weighted by Gasteiger charge is 2.51. The van der Waals surface area contributed by atoms with Gasteiger partial charge in [-0.25, -0.2) is 0 Å². The van der Waals surface area contributed by atoms with E-state index in [4.69, 9.17) is 5.73 Å². The highest BCUT2D eigenvalue weighted by atomic mass is 35.5. The maximum atomic E-state index is 5.60. The summed E-state index contributed by atoms with van der Waals surface area (Å²) in [5.74, 6) is 0. The predicted molar refractivity (Wildman–Crippen MR) is 39.7 cm³/mol. The number of hydrogen-bond acceptors (Lipinski definition) is 4. The molecule has 0 aromatic heterocycles. The lowest BCUT2D eigenvalue weighted by Gasteiger charge is -2.05. The maximum absolute atomic E-state index is 5.60. The van der Waals surface area contributed by atoms with Gasteiger partial charge in [-0.2, -0.15) is 5.11 Å². The molecule has 1 fully saturated rings. The van der Waals surface area contributed by atoms with Gasteiger partial charge < -0.3 is 5.73 Å². The first-order valence-electron chi connectivity index (χ1n) is 2.94. The van der Waals surface area contributed by atoms with Crippen LogP contribution in [0, 0.1) is 0 Å². The third-order valence-corrected chi connectivity index (χ3v) is 1.77. The van der Waals surface area contributed by atoms with Crippen molar-refractivity contribution >= 4 is 12.4 Å². The van der Waals surface area contributed by atoms with Crippen molar-refractivity contribution in [1.29, 1.82) is 0 Å². The number of nitrogens with zero attached hydrogens (tertiary/aromatic N) is 2. The Morgan fingerprint density at radius 3 is 2.70 bits per heavy atom. The Kier molecular flexibility index (Phi) is 1.66. The van der Waals surface area contributed by atoms with Gasteiger partial charge in [0.1, 0.15) is 5.54 Å². The van der Waals surface area contributed by atoms with E-state index in [-0.39, 0.29) is 24.0 Å². The van der Waals surface area contributed by atoms with Crippen LogP contribution in [0.15, 0.2) is 22.6 Å². The molecular formula is C5H9ClN4. The minimum absolute atomic E-state index is 0. The summed E-state index contributed by atoms with van der Waals surface area (Å²) in [5, 5.41) is 7.61. The number of rotatable bonds is 0. The summed E-state index contributed by atoms with van der Waals surface area (Å²) in [6.45, 7) is 0. The largest absolute Gasteiger partial charge is 0.325 e. The van der Waals surface area contributed by atoms with Gasteiger partial charge in [-0.1, -0.05) is 5.22 Å². The lowest BCUT2D eigenvalue weighted by Crippen LogP contribution is -2.18. The number of halogens is 1. The van der Waals surface area contributed by atoms with Gasteiger partial charge in [0.2, 0.25) is 0 Å². The molecule has 0 aromatic carbocycles. The Labute approximate surface area is 65.0 Å². The molecule has 2 atom stereocenters. The summed E-state index contributed by atoms with van der Waals surface area (Å²) in [7, 11) is 0. The van der Waals surface area contributed by atoms with E-state index in [1.807, 2.05) is 6.08 Å². The van der Waals surface area contributed by atoms with Gasteiger partial charge in [-0.15, -0.1) is 12.4 Å². The summed E-state index contributed by atoms with van der Waals surface area (Å²) in [6, 6.07) is 0.194. The van der Waals surface area contributed by atoms with Crippen molar-refractivity contribution in [2.75, 3.05) is 0 Å². The fourth-order valence-electron chi connectivity index (χ4n) is 0.970. The van der Waals surface area contributed by atoms with Crippen LogP contribution in [0.2, 0.25) is 0 Å². The van der Waals surface area contributed by atoms with Gasteiger partial charge >= 0.3 is 0 Å². The van der Waals surface area contributed by atoms with Crippen molar-refractivity contribution < 1.29 is 0 Å². The van der Waals surface area contributed by atoms with E-state index >= 15 is 0 Å². The Balaban J connectivity index is 0.000000500. The summed E-state index contributed by atoms with van der Waals surface area (Å²) in [4.78, 5) is 0. The van der Waals surface area contributed by atoms with Crippen LogP contribution in [0.3, 0.4) is 0 Å². The fourth-order valence-corrected chi connectivity index (χ4v) is 0.970. The van der Waals surface area contributed by atoms with E-state index in [0.29, 0.717) is 0 Å². The number of nitrogens with one attached hydrogen (secondary N) is 1. The fraction of sp³-hybridized carbons (Fsp3) is 0.600. The van der Waals surface area contributed by atoms with Crippen molar-refractivity contribution in [3.8, 4) is 0 Å². The zero-order valence-corrected chi connectivity index (χ0v) is 6.14. The molecule has 1 heterocycles. The molecule has 2 aliphatic rings. The molecule has 1 spiro atoms.